The number of aliphatic carboxylic acids is 1. The molecule has 4 rings (SSSR count). The molecule has 0 unspecified atom stereocenters. The first-order valence-corrected chi connectivity index (χ1v) is 14.1. The van der Waals surface area contributed by atoms with Crippen LogP contribution in [0.4, 0.5) is 16.2 Å². The molecule has 3 amide bonds. The molecule has 2 aliphatic rings. The molecule has 0 spiro atoms. The van der Waals surface area contributed by atoms with Crippen LogP contribution in [0.1, 0.15) is 84.0 Å². The van der Waals surface area contributed by atoms with Crippen LogP contribution in [0.2, 0.25) is 0 Å². The van der Waals surface area contributed by atoms with E-state index in [2.05, 4.69) is 22.0 Å². The molecule has 0 saturated heterocycles. The minimum Gasteiger partial charge on any atom is -0.480 e. The number of benzene rings is 2. The summed E-state index contributed by atoms with van der Waals surface area (Å²) >= 11 is 0. The van der Waals surface area contributed by atoms with Crippen molar-refractivity contribution in [2.75, 3.05) is 10.6 Å². The third-order valence-electron chi connectivity index (χ3n) is 7.73. The fourth-order valence-corrected chi connectivity index (χ4v) is 5.65. The number of carbonyl (C=O) groups is 3. The zero-order valence-corrected chi connectivity index (χ0v) is 23.6. The number of aryl methyl sites for hydroxylation is 3. The van der Waals surface area contributed by atoms with Crippen molar-refractivity contribution in [2.24, 2.45) is 0 Å². The first kappa shape index (κ1) is 28.9. The second-order valence-corrected chi connectivity index (χ2v) is 10.9. The van der Waals surface area contributed by atoms with Crippen molar-refractivity contribution >= 4 is 34.9 Å². The Bertz CT molecular complexity index is 1360. The highest BCUT2D eigenvalue weighted by atomic mass is 16.4. The Balaban J connectivity index is 1.67. The lowest BCUT2D eigenvalue weighted by Gasteiger charge is -2.32. The number of carboxylic acid groups (broad SMARTS) is 1. The van der Waals surface area contributed by atoms with Crippen molar-refractivity contribution in [2.45, 2.75) is 77.7 Å². The quantitative estimate of drug-likeness (QED) is 0.305. The van der Waals surface area contributed by atoms with Crippen LogP contribution in [0.15, 0.2) is 60.7 Å². The second-order valence-electron chi connectivity index (χ2n) is 10.9. The molecule has 4 N–H and O–H groups in total. The first-order valence-electron chi connectivity index (χ1n) is 14.1. The van der Waals surface area contributed by atoms with Gasteiger partial charge in [0.15, 0.2) is 0 Å². The lowest BCUT2D eigenvalue weighted by atomic mass is 9.83. The Kier molecular flexibility index (Phi) is 9.25. The van der Waals surface area contributed by atoms with Gasteiger partial charge in [-0.3, -0.25) is 4.79 Å². The van der Waals surface area contributed by atoms with Crippen LogP contribution in [0.25, 0.3) is 5.57 Å². The van der Waals surface area contributed by atoms with Gasteiger partial charge in [0.2, 0.25) is 0 Å². The standard InChI is InChI=1S/C33H39N3O4/c1-22-19-23(2)29(24(3)20-22)35-32(40)34-28-21-26(25-13-9-5-6-10-14-25)15-16-27(28)30(37)36-33(31(38)39)17-11-7-4-8-12-18-33/h5-6,9,13-16,19-21H,4,7-8,10-12,17-18H2,1-3H3,(H,36,37)(H,38,39)(H2,34,35,40). The van der Waals surface area contributed by atoms with Gasteiger partial charge in [-0.25, -0.2) is 9.59 Å². The average molecular weight is 542 g/mol. The van der Waals surface area contributed by atoms with Crippen molar-refractivity contribution in [3.8, 4) is 0 Å². The van der Waals surface area contributed by atoms with Crippen molar-refractivity contribution in [3.63, 3.8) is 0 Å². The predicted octanol–water partition coefficient (Wildman–Crippen LogP) is 7.45. The Labute approximate surface area is 236 Å². The number of rotatable bonds is 6. The molecule has 1 saturated carbocycles. The highest BCUT2D eigenvalue weighted by molar-refractivity contribution is 6.08. The summed E-state index contributed by atoms with van der Waals surface area (Å²) in [6, 6.07) is 8.79. The highest BCUT2D eigenvalue weighted by Gasteiger charge is 2.40. The summed E-state index contributed by atoms with van der Waals surface area (Å²) in [5.41, 5.74) is 4.70. The third kappa shape index (κ3) is 6.89. The Morgan fingerprint density at radius 2 is 1.52 bits per heavy atom. The molecule has 7 nitrogen and oxygen atoms in total. The van der Waals surface area contributed by atoms with Gasteiger partial charge in [-0.15, -0.1) is 0 Å². The van der Waals surface area contributed by atoms with Gasteiger partial charge in [-0.05, 0) is 74.4 Å². The maximum Gasteiger partial charge on any atom is 0.329 e. The molecule has 0 aliphatic heterocycles. The summed E-state index contributed by atoms with van der Waals surface area (Å²) < 4.78 is 0. The molecule has 0 bridgehead atoms. The lowest BCUT2D eigenvalue weighted by Crippen LogP contribution is -2.55. The monoisotopic (exact) mass is 541 g/mol. The van der Waals surface area contributed by atoms with E-state index in [0.717, 1.165) is 66.4 Å². The fraction of sp³-hybridized carbons (Fsp3) is 0.364. The molecule has 210 valence electrons. The third-order valence-corrected chi connectivity index (χ3v) is 7.73. The van der Waals surface area contributed by atoms with E-state index in [9.17, 15) is 19.5 Å². The van der Waals surface area contributed by atoms with Crippen molar-refractivity contribution in [1.82, 2.24) is 5.32 Å². The Hall–Kier alpha value is -4.13. The van der Waals surface area contributed by atoms with Crippen LogP contribution < -0.4 is 16.0 Å². The zero-order valence-electron chi connectivity index (χ0n) is 23.6. The summed E-state index contributed by atoms with van der Waals surface area (Å²) in [5.74, 6) is -1.53. The van der Waals surface area contributed by atoms with Crippen LogP contribution in [0.3, 0.4) is 0 Å². The van der Waals surface area contributed by atoms with Crippen LogP contribution in [-0.2, 0) is 4.79 Å². The summed E-state index contributed by atoms with van der Waals surface area (Å²) in [4.78, 5) is 39.4. The molecule has 2 aromatic carbocycles. The number of nitrogens with one attached hydrogen (secondary N) is 3. The zero-order chi connectivity index (χ0) is 28.7. The SMILES string of the molecule is Cc1cc(C)c(NC(=O)Nc2cc(C3=CCC=CC=C3)ccc2C(=O)NC2(C(=O)O)CCCCCCC2)c(C)c1. The Morgan fingerprint density at radius 1 is 0.850 bits per heavy atom. The summed E-state index contributed by atoms with van der Waals surface area (Å²) in [6.45, 7) is 5.88. The van der Waals surface area contributed by atoms with E-state index in [4.69, 9.17) is 0 Å². The maximum atomic E-state index is 13.7. The smallest absolute Gasteiger partial charge is 0.329 e. The average Bonchev–Trinajstić information content (AvgIpc) is 3.17. The molecule has 2 aromatic rings. The van der Waals surface area contributed by atoms with Crippen LogP contribution in [-0.4, -0.2) is 28.6 Å². The number of hydrogen-bond acceptors (Lipinski definition) is 3. The molecule has 0 aromatic heterocycles. The van der Waals surface area contributed by atoms with E-state index in [1.807, 2.05) is 63.3 Å². The molecular weight excluding hydrogens is 502 g/mol. The number of amides is 3. The molecule has 7 heteroatoms. The van der Waals surface area contributed by atoms with E-state index in [1.54, 1.807) is 12.1 Å². The van der Waals surface area contributed by atoms with E-state index in [0.29, 0.717) is 24.2 Å². The molecule has 0 heterocycles. The number of carboxylic acids is 1. The number of anilines is 2. The highest BCUT2D eigenvalue weighted by Crippen LogP contribution is 2.30. The van der Waals surface area contributed by atoms with Gasteiger partial charge in [0.1, 0.15) is 5.54 Å². The first-order chi connectivity index (χ1) is 19.2. The van der Waals surface area contributed by atoms with Crippen LogP contribution in [0, 0.1) is 20.8 Å². The summed E-state index contributed by atoms with van der Waals surface area (Å²) in [5, 5.41) is 18.9. The molecule has 40 heavy (non-hydrogen) atoms. The minimum atomic E-state index is -1.33. The van der Waals surface area contributed by atoms with Crippen molar-refractivity contribution in [3.05, 3.63) is 88.5 Å². The minimum absolute atomic E-state index is 0.218. The maximum absolute atomic E-state index is 13.7. The van der Waals surface area contributed by atoms with E-state index >= 15 is 0 Å². The number of urea groups is 1. The molecule has 0 atom stereocenters. The number of allylic oxidation sites excluding steroid dienone is 6. The number of carbonyl (C=O) groups excluding carboxylic acids is 2. The van der Waals surface area contributed by atoms with Gasteiger partial charge in [0.05, 0.1) is 11.3 Å². The lowest BCUT2D eigenvalue weighted by molar-refractivity contribution is -0.145. The van der Waals surface area contributed by atoms with Crippen molar-refractivity contribution < 1.29 is 19.5 Å². The molecule has 0 radical (unpaired) electrons. The van der Waals surface area contributed by atoms with Crippen molar-refractivity contribution in [1.29, 1.82) is 0 Å². The van der Waals surface area contributed by atoms with Gasteiger partial charge in [0, 0.05) is 5.69 Å². The molecular formula is C33H39N3O4. The summed E-state index contributed by atoms with van der Waals surface area (Å²) in [7, 11) is 0. The van der Waals surface area contributed by atoms with Crippen LogP contribution >= 0.6 is 0 Å². The Morgan fingerprint density at radius 3 is 2.20 bits per heavy atom. The molecule has 1 fully saturated rings. The van der Waals surface area contributed by atoms with Gasteiger partial charge >= 0.3 is 12.0 Å². The molecule has 2 aliphatic carbocycles. The van der Waals surface area contributed by atoms with E-state index < -0.39 is 23.4 Å². The summed E-state index contributed by atoms with van der Waals surface area (Å²) in [6.07, 6.45) is 16.0. The van der Waals surface area contributed by atoms with Gasteiger partial charge < -0.3 is 21.1 Å². The normalized spacial score (nSPS) is 16.6. The van der Waals surface area contributed by atoms with Gasteiger partial charge in [-0.1, -0.05) is 86.2 Å². The van der Waals surface area contributed by atoms with E-state index in [-0.39, 0.29) is 5.56 Å². The van der Waals surface area contributed by atoms with Crippen LogP contribution in [0.5, 0.6) is 0 Å². The predicted molar refractivity (Wildman–Crippen MR) is 161 cm³/mol. The topological polar surface area (TPSA) is 108 Å². The largest absolute Gasteiger partial charge is 0.480 e. The fourth-order valence-electron chi connectivity index (χ4n) is 5.65. The van der Waals surface area contributed by atoms with Gasteiger partial charge in [-0.2, -0.15) is 0 Å². The second kappa shape index (κ2) is 12.8. The van der Waals surface area contributed by atoms with Gasteiger partial charge in [0.25, 0.3) is 5.91 Å². The van der Waals surface area contributed by atoms with E-state index in [1.165, 1.54) is 0 Å². The number of hydrogen-bond donors (Lipinski definition) is 4.